The van der Waals surface area contributed by atoms with Gasteiger partial charge in [-0.05, 0) is 24.5 Å². The van der Waals surface area contributed by atoms with Crippen molar-refractivity contribution in [3.8, 4) is 0 Å². The highest BCUT2D eigenvalue weighted by molar-refractivity contribution is 5.22. The van der Waals surface area contributed by atoms with Gasteiger partial charge in [-0.2, -0.15) is 0 Å². The Morgan fingerprint density at radius 3 is 2.33 bits per heavy atom. The molecule has 0 bridgehead atoms. The van der Waals surface area contributed by atoms with Gasteiger partial charge in [0.25, 0.3) is 0 Å². The molecule has 0 fully saturated rings. The molecule has 0 saturated heterocycles. The Morgan fingerprint density at radius 1 is 1.27 bits per heavy atom. The number of rotatable bonds is 3. The molecule has 0 atom stereocenters. The lowest BCUT2D eigenvalue weighted by Crippen LogP contribution is -2.01. The van der Waals surface area contributed by atoms with Crippen LogP contribution in [0, 0.1) is 6.92 Å². The molecule has 0 aromatic carbocycles. The Balaban J connectivity index is 0.000000921. The van der Waals surface area contributed by atoms with E-state index in [9.17, 15) is 0 Å². The van der Waals surface area contributed by atoms with E-state index in [2.05, 4.69) is 37.9 Å². The second kappa shape index (κ2) is 7.41. The van der Waals surface area contributed by atoms with E-state index in [1.807, 2.05) is 13.8 Å². The van der Waals surface area contributed by atoms with Gasteiger partial charge in [-0.15, -0.1) is 0 Å². The standard InChI is InChI=1S/C11H17NO.C2H6/c1-8(2)10-6-5-9(3)11(12-10)7-13-4;1-2/h5-6,8H,7H2,1-4H3;1-2H3. The molecule has 0 aliphatic rings. The minimum Gasteiger partial charge on any atom is -0.378 e. The Hall–Kier alpha value is -0.890. The van der Waals surface area contributed by atoms with E-state index in [0.717, 1.165) is 11.4 Å². The normalized spacial score (nSPS) is 9.80. The van der Waals surface area contributed by atoms with Gasteiger partial charge in [0.05, 0.1) is 12.3 Å². The van der Waals surface area contributed by atoms with Crippen molar-refractivity contribution in [3.05, 3.63) is 29.1 Å². The molecule has 0 unspecified atom stereocenters. The molecule has 0 spiro atoms. The van der Waals surface area contributed by atoms with E-state index in [-0.39, 0.29) is 0 Å². The van der Waals surface area contributed by atoms with Gasteiger partial charge in [0, 0.05) is 12.8 Å². The van der Waals surface area contributed by atoms with Crippen LogP contribution in [0.15, 0.2) is 12.1 Å². The first-order valence-corrected chi connectivity index (χ1v) is 5.60. The highest BCUT2D eigenvalue weighted by Gasteiger charge is 2.04. The van der Waals surface area contributed by atoms with Crippen LogP contribution in [-0.2, 0) is 11.3 Å². The Kier molecular flexibility index (Phi) is 6.97. The third-order valence-electron chi connectivity index (χ3n) is 2.10. The van der Waals surface area contributed by atoms with E-state index < -0.39 is 0 Å². The SMILES string of the molecule is CC.COCc1nc(C(C)C)ccc1C. The summed E-state index contributed by atoms with van der Waals surface area (Å²) in [5, 5.41) is 0. The van der Waals surface area contributed by atoms with Crippen molar-refractivity contribution in [2.45, 2.75) is 47.1 Å². The fourth-order valence-corrected chi connectivity index (χ4v) is 1.19. The Labute approximate surface area is 93.7 Å². The largest absolute Gasteiger partial charge is 0.378 e. The van der Waals surface area contributed by atoms with E-state index in [1.54, 1.807) is 7.11 Å². The second-order valence-corrected chi connectivity index (χ2v) is 3.59. The minimum atomic E-state index is 0.483. The van der Waals surface area contributed by atoms with E-state index >= 15 is 0 Å². The Bertz CT molecular complexity index is 282. The van der Waals surface area contributed by atoms with Crippen molar-refractivity contribution in [3.63, 3.8) is 0 Å². The zero-order valence-corrected chi connectivity index (χ0v) is 10.8. The molecule has 1 rings (SSSR count). The van der Waals surface area contributed by atoms with Crippen molar-refractivity contribution in [2.75, 3.05) is 7.11 Å². The molecule has 15 heavy (non-hydrogen) atoms. The second-order valence-electron chi connectivity index (χ2n) is 3.59. The van der Waals surface area contributed by atoms with Gasteiger partial charge in [0.15, 0.2) is 0 Å². The summed E-state index contributed by atoms with van der Waals surface area (Å²) in [5.41, 5.74) is 3.39. The summed E-state index contributed by atoms with van der Waals surface area (Å²) in [7, 11) is 1.70. The summed E-state index contributed by atoms with van der Waals surface area (Å²) in [6.07, 6.45) is 0. The van der Waals surface area contributed by atoms with Gasteiger partial charge in [-0.3, -0.25) is 4.98 Å². The first-order chi connectivity index (χ1) is 7.15. The van der Waals surface area contributed by atoms with Crippen molar-refractivity contribution < 1.29 is 4.74 Å². The molecule has 2 heteroatoms. The van der Waals surface area contributed by atoms with Crippen LogP contribution in [0.2, 0.25) is 0 Å². The van der Waals surface area contributed by atoms with Gasteiger partial charge in [0.2, 0.25) is 0 Å². The van der Waals surface area contributed by atoms with Crippen LogP contribution in [-0.4, -0.2) is 12.1 Å². The maximum absolute atomic E-state index is 5.08. The molecule has 0 radical (unpaired) electrons. The van der Waals surface area contributed by atoms with Crippen LogP contribution >= 0.6 is 0 Å². The number of pyridine rings is 1. The molecule has 0 N–H and O–H groups in total. The molecule has 0 amide bonds. The molecule has 0 aliphatic carbocycles. The monoisotopic (exact) mass is 209 g/mol. The lowest BCUT2D eigenvalue weighted by Gasteiger charge is -2.09. The van der Waals surface area contributed by atoms with E-state index in [1.165, 1.54) is 5.56 Å². The Morgan fingerprint density at radius 2 is 1.87 bits per heavy atom. The third-order valence-corrected chi connectivity index (χ3v) is 2.10. The molecule has 1 aromatic heterocycles. The molecular weight excluding hydrogens is 186 g/mol. The predicted octanol–water partition coefficient (Wildman–Crippen LogP) is 3.69. The molecule has 86 valence electrons. The summed E-state index contributed by atoms with van der Waals surface area (Å²) in [4.78, 5) is 4.54. The number of ether oxygens (including phenoxy) is 1. The smallest absolute Gasteiger partial charge is 0.0886 e. The van der Waals surface area contributed by atoms with Gasteiger partial charge in [-0.1, -0.05) is 33.8 Å². The third kappa shape index (κ3) is 4.43. The number of aryl methyl sites for hydroxylation is 1. The number of nitrogens with zero attached hydrogens (tertiary/aromatic N) is 1. The van der Waals surface area contributed by atoms with Crippen LogP contribution in [0.5, 0.6) is 0 Å². The number of aromatic nitrogens is 1. The summed E-state index contributed by atoms with van der Waals surface area (Å²) in [6.45, 7) is 11.0. The lowest BCUT2D eigenvalue weighted by atomic mass is 10.1. The highest BCUT2D eigenvalue weighted by Crippen LogP contribution is 2.14. The van der Waals surface area contributed by atoms with Crippen molar-refractivity contribution in [1.29, 1.82) is 0 Å². The molecular formula is C13H23NO. The fraction of sp³-hybridized carbons (Fsp3) is 0.615. The van der Waals surface area contributed by atoms with Crippen LogP contribution in [0.3, 0.4) is 0 Å². The van der Waals surface area contributed by atoms with Gasteiger partial charge >= 0.3 is 0 Å². The predicted molar refractivity (Wildman–Crippen MR) is 65.1 cm³/mol. The molecule has 1 aromatic rings. The first-order valence-electron chi connectivity index (χ1n) is 5.60. The van der Waals surface area contributed by atoms with E-state index in [4.69, 9.17) is 4.74 Å². The maximum atomic E-state index is 5.08. The number of hydrogen-bond donors (Lipinski definition) is 0. The zero-order valence-electron chi connectivity index (χ0n) is 10.8. The quantitative estimate of drug-likeness (QED) is 0.757. The van der Waals surface area contributed by atoms with Crippen molar-refractivity contribution in [1.82, 2.24) is 4.98 Å². The average molecular weight is 209 g/mol. The summed E-state index contributed by atoms with van der Waals surface area (Å²) in [5.74, 6) is 0.483. The first kappa shape index (κ1) is 14.1. The molecule has 0 saturated carbocycles. The van der Waals surface area contributed by atoms with Crippen molar-refractivity contribution >= 4 is 0 Å². The summed E-state index contributed by atoms with van der Waals surface area (Å²) < 4.78 is 5.08. The van der Waals surface area contributed by atoms with Crippen LogP contribution in [0.1, 0.15) is 50.6 Å². The van der Waals surface area contributed by atoms with Gasteiger partial charge < -0.3 is 4.74 Å². The zero-order chi connectivity index (χ0) is 11.8. The maximum Gasteiger partial charge on any atom is 0.0886 e. The highest BCUT2D eigenvalue weighted by atomic mass is 16.5. The molecule has 2 nitrogen and oxygen atoms in total. The lowest BCUT2D eigenvalue weighted by molar-refractivity contribution is 0.180. The van der Waals surface area contributed by atoms with E-state index in [0.29, 0.717) is 12.5 Å². The molecule has 1 heterocycles. The molecule has 0 aliphatic heterocycles. The van der Waals surface area contributed by atoms with Crippen molar-refractivity contribution in [2.24, 2.45) is 0 Å². The van der Waals surface area contributed by atoms with Crippen LogP contribution < -0.4 is 0 Å². The minimum absolute atomic E-state index is 0.483. The van der Waals surface area contributed by atoms with Gasteiger partial charge in [0.1, 0.15) is 0 Å². The van der Waals surface area contributed by atoms with Crippen LogP contribution in [0.25, 0.3) is 0 Å². The topological polar surface area (TPSA) is 22.1 Å². The van der Waals surface area contributed by atoms with Gasteiger partial charge in [-0.25, -0.2) is 0 Å². The summed E-state index contributed by atoms with van der Waals surface area (Å²) in [6, 6.07) is 4.19. The number of methoxy groups -OCH3 is 1. The average Bonchev–Trinajstić information content (AvgIpc) is 2.24. The number of hydrogen-bond acceptors (Lipinski definition) is 2. The van der Waals surface area contributed by atoms with Crippen LogP contribution in [0.4, 0.5) is 0 Å². The fourth-order valence-electron chi connectivity index (χ4n) is 1.19. The summed E-state index contributed by atoms with van der Waals surface area (Å²) >= 11 is 0.